The minimum absolute atomic E-state index is 0.189. The number of hydrogen-bond acceptors (Lipinski definition) is 5. The zero-order valence-corrected chi connectivity index (χ0v) is 16.9. The number of hydrogen-bond donors (Lipinski definition) is 0. The van der Waals surface area contributed by atoms with Gasteiger partial charge in [0.2, 0.25) is 0 Å². The molecule has 2 aromatic heterocycles. The summed E-state index contributed by atoms with van der Waals surface area (Å²) in [6, 6.07) is 0.189. The van der Waals surface area contributed by atoms with Crippen molar-refractivity contribution in [2.24, 2.45) is 7.05 Å². The van der Waals surface area contributed by atoms with Crippen LogP contribution in [0.4, 0.5) is 4.39 Å². The van der Waals surface area contributed by atoms with Crippen molar-refractivity contribution in [1.82, 2.24) is 19.2 Å². The molecule has 0 aliphatic carbocycles. The minimum Gasteiger partial charge on any atom is -0.459 e. The molecule has 0 atom stereocenters. The second kappa shape index (κ2) is 11.4. The summed E-state index contributed by atoms with van der Waals surface area (Å²) in [7, 11) is 1.61. The van der Waals surface area contributed by atoms with Crippen LogP contribution in [0, 0.1) is 0 Å². The van der Waals surface area contributed by atoms with Crippen molar-refractivity contribution in [2.75, 3.05) is 26.5 Å². The highest BCUT2D eigenvalue weighted by Gasteiger charge is 2.14. The lowest BCUT2D eigenvalue weighted by Gasteiger charge is -2.11. The van der Waals surface area contributed by atoms with E-state index in [2.05, 4.69) is 17.0 Å². The molecule has 8 heteroatoms. The lowest BCUT2D eigenvalue weighted by Crippen LogP contribution is -2.24. The van der Waals surface area contributed by atoms with Gasteiger partial charge < -0.3 is 9.47 Å². The van der Waals surface area contributed by atoms with Gasteiger partial charge in [-0.05, 0) is 24.8 Å². The van der Waals surface area contributed by atoms with E-state index in [0.717, 1.165) is 31.4 Å². The molecule has 0 N–H and O–H groups in total. The fourth-order valence-corrected chi connectivity index (χ4v) is 2.71. The standard InChI is InChI=1S/C20H29FN4O3/c1-4-8-16(9-6-11-21)15-28-20-23-25-17(19(26)24(20)3)14-22-18(25)10-7-13-27-12-5-2/h6,8-9,14H,4-5,7,10-13,15H2,1-3H3/b9-6-,16-8+. The molecular weight excluding hydrogens is 363 g/mol. The smallest absolute Gasteiger partial charge is 0.317 e. The van der Waals surface area contributed by atoms with E-state index in [4.69, 9.17) is 9.47 Å². The number of aryl methyl sites for hydroxylation is 1. The molecule has 0 bridgehead atoms. The van der Waals surface area contributed by atoms with E-state index in [-0.39, 0.29) is 18.2 Å². The Labute approximate surface area is 164 Å². The fraction of sp³-hybridized carbons (Fsp3) is 0.550. The maximum Gasteiger partial charge on any atom is 0.317 e. The molecule has 0 spiro atoms. The number of aromatic nitrogens is 4. The Hall–Kier alpha value is -2.48. The second-order valence-corrected chi connectivity index (χ2v) is 6.37. The predicted molar refractivity (Wildman–Crippen MR) is 107 cm³/mol. The largest absolute Gasteiger partial charge is 0.459 e. The van der Waals surface area contributed by atoms with Crippen LogP contribution < -0.4 is 10.3 Å². The van der Waals surface area contributed by atoms with Crippen LogP contribution in [0.25, 0.3) is 5.52 Å². The summed E-state index contributed by atoms with van der Waals surface area (Å²) in [5.74, 6) is 0.694. The molecule has 0 saturated heterocycles. The Morgan fingerprint density at radius 3 is 2.86 bits per heavy atom. The van der Waals surface area contributed by atoms with Gasteiger partial charge in [0, 0.05) is 26.7 Å². The summed E-state index contributed by atoms with van der Waals surface area (Å²) in [6.45, 7) is 5.10. The van der Waals surface area contributed by atoms with Crippen LogP contribution in [0.15, 0.2) is 34.8 Å². The molecular formula is C20H29FN4O3. The van der Waals surface area contributed by atoms with E-state index in [1.807, 2.05) is 13.0 Å². The average molecular weight is 392 g/mol. The summed E-state index contributed by atoms with van der Waals surface area (Å²) in [4.78, 5) is 16.9. The van der Waals surface area contributed by atoms with Crippen LogP contribution in [0.3, 0.4) is 0 Å². The van der Waals surface area contributed by atoms with Gasteiger partial charge in [-0.1, -0.05) is 32.1 Å². The van der Waals surface area contributed by atoms with E-state index in [0.29, 0.717) is 24.4 Å². The molecule has 0 aliphatic heterocycles. The third-order valence-corrected chi connectivity index (χ3v) is 4.10. The first-order chi connectivity index (χ1) is 13.6. The number of halogens is 1. The minimum atomic E-state index is -0.538. The van der Waals surface area contributed by atoms with Crippen LogP contribution in [-0.2, 0) is 18.2 Å². The number of nitrogens with zero attached hydrogens (tertiary/aromatic N) is 4. The van der Waals surface area contributed by atoms with E-state index >= 15 is 0 Å². The van der Waals surface area contributed by atoms with Gasteiger partial charge in [-0.3, -0.25) is 9.36 Å². The first-order valence-corrected chi connectivity index (χ1v) is 9.68. The molecule has 0 amide bonds. The maximum atomic E-state index is 12.6. The number of alkyl halides is 1. The Morgan fingerprint density at radius 1 is 1.32 bits per heavy atom. The number of fused-ring (bicyclic) bond motifs is 1. The van der Waals surface area contributed by atoms with Gasteiger partial charge in [-0.25, -0.2) is 13.9 Å². The summed E-state index contributed by atoms with van der Waals surface area (Å²) in [5, 5.41) is 4.45. The summed E-state index contributed by atoms with van der Waals surface area (Å²) in [5.41, 5.74) is 1.00. The molecule has 2 heterocycles. The lowest BCUT2D eigenvalue weighted by molar-refractivity contribution is 0.132. The first-order valence-electron chi connectivity index (χ1n) is 9.68. The quantitative estimate of drug-likeness (QED) is 0.410. The molecule has 0 unspecified atom stereocenters. The Bertz CT molecular complexity index is 870. The molecule has 0 saturated carbocycles. The molecule has 0 aliphatic rings. The van der Waals surface area contributed by atoms with Gasteiger partial charge in [0.15, 0.2) is 5.52 Å². The van der Waals surface area contributed by atoms with Crippen molar-refractivity contribution < 1.29 is 13.9 Å². The highest BCUT2D eigenvalue weighted by atomic mass is 19.1. The van der Waals surface area contributed by atoms with Crippen LogP contribution in [0.2, 0.25) is 0 Å². The van der Waals surface area contributed by atoms with Crippen molar-refractivity contribution in [3.63, 3.8) is 0 Å². The average Bonchev–Trinajstić information content (AvgIpc) is 3.10. The van der Waals surface area contributed by atoms with Gasteiger partial charge in [-0.15, -0.1) is 5.10 Å². The predicted octanol–water partition coefficient (Wildman–Crippen LogP) is 3.03. The number of allylic oxidation sites excluding steroid dienone is 2. The second-order valence-electron chi connectivity index (χ2n) is 6.37. The van der Waals surface area contributed by atoms with Crippen LogP contribution in [-0.4, -0.2) is 45.7 Å². The van der Waals surface area contributed by atoms with E-state index in [1.165, 1.54) is 21.4 Å². The van der Waals surface area contributed by atoms with Crippen molar-refractivity contribution >= 4 is 5.52 Å². The van der Waals surface area contributed by atoms with Gasteiger partial charge >= 0.3 is 6.01 Å². The molecule has 2 rings (SSSR count). The highest BCUT2D eigenvalue weighted by Crippen LogP contribution is 2.10. The summed E-state index contributed by atoms with van der Waals surface area (Å²) >= 11 is 0. The molecule has 0 radical (unpaired) electrons. The van der Waals surface area contributed by atoms with Gasteiger partial charge in [0.05, 0.1) is 6.20 Å². The number of imidazole rings is 1. The van der Waals surface area contributed by atoms with Gasteiger partial charge in [-0.2, -0.15) is 0 Å². The molecule has 154 valence electrons. The number of ether oxygens (including phenoxy) is 2. The van der Waals surface area contributed by atoms with Crippen molar-refractivity contribution in [2.45, 2.75) is 39.5 Å². The van der Waals surface area contributed by atoms with Gasteiger partial charge in [0.1, 0.15) is 19.1 Å². The third kappa shape index (κ3) is 5.76. The SMILES string of the molecule is CC/C=C(\C=C/CF)COc1nn2c(CCCOCCC)ncc2c(=O)n1C. The summed E-state index contributed by atoms with van der Waals surface area (Å²) < 4.78 is 26.5. The van der Waals surface area contributed by atoms with Crippen LogP contribution in [0.5, 0.6) is 6.01 Å². The topological polar surface area (TPSA) is 70.7 Å². The van der Waals surface area contributed by atoms with Crippen molar-refractivity contribution in [1.29, 1.82) is 0 Å². The monoisotopic (exact) mass is 392 g/mol. The summed E-state index contributed by atoms with van der Waals surface area (Å²) in [6.07, 6.45) is 9.82. The van der Waals surface area contributed by atoms with E-state index < -0.39 is 6.67 Å². The van der Waals surface area contributed by atoms with Gasteiger partial charge in [0.25, 0.3) is 5.56 Å². The van der Waals surface area contributed by atoms with E-state index in [9.17, 15) is 9.18 Å². The maximum absolute atomic E-state index is 12.6. The molecule has 28 heavy (non-hydrogen) atoms. The zero-order chi connectivity index (χ0) is 20.4. The van der Waals surface area contributed by atoms with Crippen molar-refractivity contribution in [3.05, 3.63) is 46.2 Å². The molecule has 7 nitrogen and oxygen atoms in total. The van der Waals surface area contributed by atoms with Crippen LogP contribution >= 0.6 is 0 Å². The Kier molecular flexibility index (Phi) is 8.87. The molecule has 0 aromatic carbocycles. The highest BCUT2D eigenvalue weighted by molar-refractivity contribution is 5.42. The zero-order valence-electron chi connectivity index (χ0n) is 16.9. The third-order valence-electron chi connectivity index (χ3n) is 4.10. The van der Waals surface area contributed by atoms with E-state index in [1.54, 1.807) is 13.1 Å². The van der Waals surface area contributed by atoms with Crippen molar-refractivity contribution in [3.8, 4) is 6.01 Å². The number of rotatable bonds is 12. The van der Waals surface area contributed by atoms with Crippen LogP contribution in [0.1, 0.15) is 38.9 Å². The molecule has 2 aromatic rings. The normalized spacial score (nSPS) is 12.4. The Balaban J connectivity index is 2.18. The Morgan fingerprint density at radius 2 is 2.14 bits per heavy atom. The lowest BCUT2D eigenvalue weighted by atomic mass is 10.2. The molecule has 0 fully saturated rings. The first kappa shape index (κ1) is 21.8. The fourth-order valence-electron chi connectivity index (χ4n) is 2.71.